The Morgan fingerprint density at radius 3 is 1.10 bits per heavy atom. The summed E-state index contributed by atoms with van der Waals surface area (Å²) in [6.07, 6.45) is -14.5. The average Bonchev–Trinajstić information content (AvgIpc) is 1.52. The number of halogens is 9. The molecule has 16 heteroatoms. The van der Waals surface area contributed by atoms with Crippen LogP contribution < -0.4 is 0 Å². The normalized spacial score (nSPS) is 12.1. The molecule has 7 nitrogen and oxygen atoms in total. The van der Waals surface area contributed by atoms with Gasteiger partial charge in [0.05, 0.1) is 97.2 Å². The summed E-state index contributed by atoms with van der Waals surface area (Å²) in [5.74, 6) is 0. The van der Waals surface area contributed by atoms with Gasteiger partial charge in [0.25, 0.3) is 0 Å². The van der Waals surface area contributed by atoms with Crippen molar-refractivity contribution < 1.29 is 39.5 Å². The summed E-state index contributed by atoms with van der Waals surface area (Å²) in [5, 5.41) is 18.2. The van der Waals surface area contributed by atoms with Gasteiger partial charge in [-0.2, -0.15) is 44.8 Å². The molecule has 0 atom stereocenters. The highest BCUT2D eigenvalue weighted by atomic mass is 19.4. The number of hydrogen-bond acceptors (Lipinski definition) is 1. The van der Waals surface area contributed by atoms with Gasteiger partial charge < -0.3 is 18.3 Å². The molecular formula is C82H50F9N7. The van der Waals surface area contributed by atoms with Crippen molar-refractivity contribution in [1.29, 1.82) is 5.26 Å². The minimum atomic E-state index is -4.97. The molecule has 98 heavy (non-hydrogen) atoms. The average molecular weight is 1300 g/mol. The molecule has 12 aromatic carbocycles. The maximum atomic E-state index is 15.3. The van der Waals surface area contributed by atoms with Crippen molar-refractivity contribution in [2.75, 3.05) is 0 Å². The summed E-state index contributed by atoms with van der Waals surface area (Å²) in [4.78, 5) is 6.53. The number of benzene rings is 12. The standard InChI is InChI=1S/C41H25F6N3.C41H25F3N4/c1-23-15-16-30-28-10-4-6-13-34(28)49(36(30)17-23)37-21-32(25-18-26(40(42,43)44)20-27(19-25)48-3)33(41(45,46)47)22-38(37)50-35-14-7-5-11-29(35)31-12-8-9-24(2)39(31)50;1-24-15-16-32-30-10-4-6-13-35(30)47(37(32)17-24)39-22-34(26-18-28(41(42,43)44)21-29(19-26)46-3)27(23-45)20-38(39)48-36-14-7-5-11-31(36)33-12-8-9-25(2)40(33)48/h4-22H,1-2H3;4-22H,1-2H3. The van der Waals surface area contributed by atoms with Crippen LogP contribution in [0.4, 0.5) is 50.9 Å². The van der Waals surface area contributed by atoms with Crippen molar-refractivity contribution in [3.05, 3.63) is 298 Å². The highest BCUT2D eigenvalue weighted by molar-refractivity contribution is 6.14. The third-order valence-corrected chi connectivity index (χ3v) is 18.4. The Hall–Kier alpha value is -12.3. The molecule has 16 rings (SSSR count). The van der Waals surface area contributed by atoms with E-state index in [0.29, 0.717) is 51.3 Å². The summed E-state index contributed by atoms with van der Waals surface area (Å²) in [7, 11) is 0. The summed E-state index contributed by atoms with van der Waals surface area (Å²) in [6.45, 7) is 22.9. The number of fused-ring (bicyclic) bond motifs is 12. The zero-order valence-electron chi connectivity index (χ0n) is 52.5. The van der Waals surface area contributed by atoms with E-state index in [9.17, 15) is 31.6 Å². The van der Waals surface area contributed by atoms with Gasteiger partial charge in [-0.05, 0) is 164 Å². The molecule has 4 heterocycles. The fraction of sp³-hybridized carbons (Fsp3) is 0.0854. The molecule has 0 bridgehead atoms. The van der Waals surface area contributed by atoms with Gasteiger partial charge in [0, 0.05) is 59.8 Å². The molecule has 0 amide bonds. The molecule has 0 saturated heterocycles. The minimum absolute atomic E-state index is 0.149. The van der Waals surface area contributed by atoms with Gasteiger partial charge in [0.15, 0.2) is 11.4 Å². The lowest BCUT2D eigenvalue weighted by molar-refractivity contribution is -0.138. The van der Waals surface area contributed by atoms with Crippen molar-refractivity contribution in [1.82, 2.24) is 18.3 Å². The summed E-state index contributed by atoms with van der Waals surface area (Å²) >= 11 is 0. The molecular weight excluding hydrogens is 1250 g/mol. The van der Waals surface area contributed by atoms with Gasteiger partial charge in [-0.25, -0.2) is 9.69 Å². The van der Waals surface area contributed by atoms with Crippen LogP contribution in [-0.2, 0) is 18.5 Å². The number of alkyl halides is 9. The van der Waals surface area contributed by atoms with E-state index >= 15 is 13.2 Å². The van der Waals surface area contributed by atoms with Crippen molar-refractivity contribution in [2.24, 2.45) is 0 Å². The van der Waals surface area contributed by atoms with E-state index in [2.05, 4.69) is 74.3 Å². The first-order valence-electron chi connectivity index (χ1n) is 31.0. The number of aromatic nitrogens is 4. The van der Waals surface area contributed by atoms with Gasteiger partial charge in [-0.3, -0.25) is 0 Å². The predicted octanol–water partition coefficient (Wildman–Crippen LogP) is 24.4. The predicted molar refractivity (Wildman–Crippen MR) is 372 cm³/mol. The van der Waals surface area contributed by atoms with Crippen LogP contribution in [0.25, 0.3) is 142 Å². The van der Waals surface area contributed by atoms with Crippen molar-refractivity contribution in [2.45, 2.75) is 46.2 Å². The fourth-order valence-electron chi connectivity index (χ4n) is 14.2. The topological polar surface area (TPSA) is 52.2 Å². The zero-order chi connectivity index (χ0) is 68.4. The van der Waals surface area contributed by atoms with E-state index in [1.807, 2.05) is 163 Å². The third-order valence-electron chi connectivity index (χ3n) is 18.4. The van der Waals surface area contributed by atoms with Gasteiger partial charge >= 0.3 is 18.5 Å². The van der Waals surface area contributed by atoms with Crippen LogP contribution in [0, 0.1) is 52.2 Å². The number of nitriles is 1. The second-order valence-corrected chi connectivity index (χ2v) is 24.5. The van der Waals surface area contributed by atoms with E-state index in [0.717, 1.165) is 117 Å². The van der Waals surface area contributed by atoms with Crippen LogP contribution in [-0.4, -0.2) is 18.3 Å². The number of para-hydroxylation sites is 6. The molecule has 0 spiro atoms. The van der Waals surface area contributed by atoms with Crippen molar-refractivity contribution in [3.8, 4) is 51.1 Å². The molecule has 0 fully saturated rings. The van der Waals surface area contributed by atoms with Gasteiger partial charge in [-0.1, -0.05) is 133 Å². The van der Waals surface area contributed by atoms with Crippen LogP contribution in [0.5, 0.6) is 0 Å². The van der Waals surface area contributed by atoms with E-state index < -0.39 is 46.5 Å². The van der Waals surface area contributed by atoms with Gasteiger partial charge in [-0.15, -0.1) is 0 Å². The first kappa shape index (κ1) is 61.8. The second-order valence-electron chi connectivity index (χ2n) is 24.5. The number of nitrogens with zero attached hydrogens (tertiary/aromatic N) is 7. The molecule has 0 N–H and O–H groups in total. The molecule has 0 unspecified atom stereocenters. The van der Waals surface area contributed by atoms with Crippen LogP contribution >= 0.6 is 0 Å². The summed E-state index contributed by atoms with van der Waals surface area (Å²) in [6, 6.07) is 69.1. The Labute approximate surface area is 554 Å². The van der Waals surface area contributed by atoms with E-state index in [1.165, 1.54) is 12.1 Å². The van der Waals surface area contributed by atoms with Crippen LogP contribution in [0.1, 0.15) is 44.5 Å². The smallest absolute Gasteiger partial charge is 0.307 e. The van der Waals surface area contributed by atoms with E-state index in [1.54, 1.807) is 6.07 Å². The van der Waals surface area contributed by atoms with Crippen LogP contribution in [0.3, 0.4) is 0 Å². The fourth-order valence-corrected chi connectivity index (χ4v) is 14.2. The Morgan fingerprint density at radius 1 is 0.337 bits per heavy atom. The minimum Gasteiger partial charge on any atom is -0.307 e. The van der Waals surface area contributed by atoms with Crippen molar-refractivity contribution >= 4 is 98.6 Å². The summed E-state index contributed by atoms with van der Waals surface area (Å²) < 4.78 is 138. The second kappa shape index (κ2) is 23.0. The molecule has 0 aliphatic carbocycles. The first-order chi connectivity index (χ1) is 47.0. The lowest BCUT2D eigenvalue weighted by Crippen LogP contribution is -2.12. The highest BCUT2D eigenvalue weighted by Crippen LogP contribution is 2.49. The molecule has 0 aliphatic heterocycles. The lowest BCUT2D eigenvalue weighted by atomic mass is 9.95. The summed E-state index contributed by atoms with van der Waals surface area (Å²) in [5.41, 5.74) is 8.32. The SMILES string of the molecule is [C-]#[N+]c1cc(-c2cc(-n3c4ccccc4c4ccc(C)cc43)c(-n3c4ccccc4c4cccc(C)c43)cc2C#N)cc(C(F)(F)F)c1.[C-]#[N+]c1cc(-c2cc(-n3c4ccccc4c4ccc(C)cc43)c(-n3c4ccccc4c4cccc(C)c43)cc2C(F)(F)F)cc(C(F)(F)F)c1. The first-order valence-corrected chi connectivity index (χ1v) is 31.0. The van der Waals surface area contributed by atoms with E-state index in [4.69, 9.17) is 13.1 Å². The van der Waals surface area contributed by atoms with Gasteiger partial charge in [0.1, 0.15) is 0 Å². The van der Waals surface area contributed by atoms with Crippen molar-refractivity contribution in [3.63, 3.8) is 0 Å². The van der Waals surface area contributed by atoms with Gasteiger partial charge in [0.2, 0.25) is 0 Å². The largest absolute Gasteiger partial charge is 0.417 e. The lowest BCUT2D eigenvalue weighted by Gasteiger charge is -2.23. The molecule has 16 aromatic rings. The Balaban J connectivity index is 0.000000160. The zero-order valence-corrected chi connectivity index (χ0v) is 52.5. The Kier molecular flexibility index (Phi) is 14.5. The van der Waals surface area contributed by atoms with Crippen LogP contribution in [0.2, 0.25) is 0 Å². The maximum Gasteiger partial charge on any atom is 0.417 e. The monoisotopic (exact) mass is 1300 g/mol. The number of hydrogen-bond donors (Lipinski definition) is 0. The quantitative estimate of drug-likeness (QED) is 0.121. The third kappa shape index (κ3) is 10.1. The molecule has 0 aliphatic rings. The molecule has 476 valence electrons. The Morgan fingerprint density at radius 2 is 0.694 bits per heavy atom. The number of rotatable bonds is 6. The van der Waals surface area contributed by atoms with Crippen LogP contribution in [0.15, 0.2) is 231 Å². The number of aryl methyl sites for hydroxylation is 4. The Bertz CT molecular complexity index is 6190. The maximum absolute atomic E-state index is 15.3. The highest BCUT2D eigenvalue weighted by Gasteiger charge is 2.38. The molecule has 4 aromatic heterocycles. The molecule has 0 saturated carbocycles. The van der Waals surface area contributed by atoms with E-state index in [-0.39, 0.29) is 28.1 Å². The molecule has 0 radical (unpaired) electrons.